The third-order valence-corrected chi connectivity index (χ3v) is 7.42. The molecule has 1 aliphatic heterocycles. The Morgan fingerprint density at radius 2 is 1.54 bits per heavy atom. The molecule has 2 aliphatic carbocycles. The predicted molar refractivity (Wildman–Crippen MR) is 136 cm³/mol. The van der Waals surface area contributed by atoms with Crippen molar-refractivity contribution in [2.75, 3.05) is 13.7 Å². The van der Waals surface area contributed by atoms with Crippen LogP contribution in [0.1, 0.15) is 62.5 Å². The van der Waals surface area contributed by atoms with Gasteiger partial charge in [-0.15, -0.1) is 0 Å². The van der Waals surface area contributed by atoms with Crippen LogP contribution >= 0.6 is 11.6 Å². The molecule has 0 radical (unpaired) electrons. The molecule has 2 aromatic carbocycles. The fourth-order valence-corrected chi connectivity index (χ4v) is 5.85. The molecule has 0 fully saturated rings. The highest BCUT2D eigenvalue weighted by Crippen LogP contribution is 2.50. The second-order valence-electron chi connectivity index (χ2n) is 9.30. The van der Waals surface area contributed by atoms with Gasteiger partial charge in [0, 0.05) is 48.3 Å². The monoisotopic (exact) mass is 491 g/mol. The fraction of sp³-hybridized carbons (Fsp3) is 0.379. The smallest absolute Gasteiger partial charge is 0.180 e. The number of carbonyl (C=O) groups excluding carboxylic acids is 2. The lowest BCUT2D eigenvalue weighted by Crippen LogP contribution is -2.37. The maximum Gasteiger partial charge on any atom is 0.180 e. The van der Waals surface area contributed by atoms with Crippen LogP contribution in [0.2, 0.25) is 5.02 Å². The van der Waals surface area contributed by atoms with E-state index in [2.05, 4.69) is 4.90 Å². The van der Waals surface area contributed by atoms with Crippen LogP contribution in [0.15, 0.2) is 65.0 Å². The Hall–Kier alpha value is -3.05. The number of Topliss-reactive ketones (excluding diaryl/α,β-unsaturated/α-hetero) is 2. The number of rotatable bonds is 6. The Bertz CT molecular complexity index is 1190. The van der Waals surface area contributed by atoms with Gasteiger partial charge >= 0.3 is 0 Å². The van der Waals surface area contributed by atoms with Gasteiger partial charge in [0.1, 0.15) is 6.61 Å². The molecule has 1 heterocycles. The summed E-state index contributed by atoms with van der Waals surface area (Å²) in [5.74, 6) is 0.817. The molecule has 0 N–H and O–H groups in total. The molecule has 0 amide bonds. The highest BCUT2D eigenvalue weighted by Gasteiger charge is 2.42. The number of allylic oxidation sites excluding steroid dienone is 4. The van der Waals surface area contributed by atoms with E-state index in [4.69, 9.17) is 21.1 Å². The third-order valence-electron chi connectivity index (χ3n) is 7.14. The largest absolute Gasteiger partial charge is 0.490 e. The van der Waals surface area contributed by atoms with Gasteiger partial charge in [-0.2, -0.15) is 0 Å². The van der Waals surface area contributed by atoms with Crippen molar-refractivity contribution >= 4 is 23.2 Å². The van der Waals surface area contributed by atoms with E-state index in [1.165, 1.54) is 0 Å². The molecule has 2 aromatic rings. The van der Waals surface area contributed by atoms with Crippen LogP contribution in [0.25, 0.3) is 0 Å². The number of nitrogens with zero attached hydrogens (tertiary/aromatic N) is 1. The summed E-state index contributed by atoms with van der Waals surface area (Å²) in [4.78, 5) is 28.6. The van der Waals surface area contributed by atoms with Crippen LogP contribution in [-0.2, 0) is 16.2 Å². The lowest BCUT2D eigenvalue weighted by atomic mass is 9.71. The van der Waals surface area contributed by atoms with Crippen molar-refractivity contribution in [1.29, 1.82) is 0 Å². The van der Waals surface area contributed by atoms with Crippen molar-refractivity contribution < 1.29 is 19.1 Å². The molecule has 0 unspecified atom stereocenters. The second-order valence-corrected chi connectivity index (χ2v) is 9.71. The highest BCUT2D eigenvalue weighted by molar-refractivity contribution is 6.32. The molecule has 0 atom stereocenters. The Morgan fingerprint density at radius 3 is 2.14 bits per heavy atom. The minimum Gasteiger partial charge on any atom is -0.490 e. The Morgan fingerprint density at radius 1 is 0.914 bits per heavy atom. The minimum atomic E-state index is -0.420. The molecule has 5 rings (SSSR count). The summed E-state index contributed by atoms with van der Waals surface area (Å²) in [6, 6.07) is 13.6. The van der Waals surface area contributed by atoms with Gasteiger partial charge in [-0.3, -0.25) is 9.59 Å². The standard InChI is InChI=1S/C29H30ClNO4/c1-3-34-25-16-19(15-20(30)29(25)35-17-18-9-5-4-6-10-18)26-27-21(11-7-13-23(27)32)31(2)22-12-8-14-24(33)28(22)26/h4-6,9-10,15-16,26H,3,7-8,11-14,17H2,1-2H3. The minimum absolute atomic E-state index is 0.117. The zero-order valence-corrected chi connectivity index (χ0v) is 21.0. The number of hydrogen-bond acceptors (Lipinski definition) is 5. The normalized spacial score (nSPS) is 18.5. The number of ketones is 2. The summed E-state index contributed by atoms with van der Waals surface area (Å²) in [6.07, 6.45) is 4.35. The van der Waals surface area contributed by atoms with Crippen molar-refractivity contribution in [3.05, 3.63) is 81.2 Å². The summed E-state index contributed by atoms with van der Waals surface area (Å²) in [6.45, 7) is 2.71. The van der Waals surface area contributed by atoms with Crippen LogP contribution in [-0.4, -0.2) is 30.1 Å². The highest BCUT2D eigenvalue weighted by atomic mass is 35.5. The molecule has 6 heteroatoms. The van der Waals surface area contributed by atoms with E-state index in [0.29, 0.717) is 42.6 Å². The molecule has 5 nitrogen and oxygen atoms in total. The summed E-state index contributed by atoms with van der Waals surface area (Å²) in [5.41, 5.74) is 5.39. The number of halogens is 1. The summed E-state index contributed by atoms with van der Waals surface area (Å²) in [5, 5.41) is 0.414. The molecule has 3 aliphatic rings. The lowest BCUT2D eigenvalue weighted by Gasteiger charge is -2.42. The molecule has 0 bridgehead atoms. The maximum absolute atomic E-state index is 13.3. The SMILES string of the molecule is CCOc1cc(C2C3=C(CCCC3=O)N(C)C3=C2C(=O)CCC3)cc(Cl)c1OCc1ccccc1. The molecular weight excluding hydrogens is 462 g/mol. The molecule has 0 saturated heterocycles. The van der Waals surface area contributed by atoms with Crippen LogP contribution < -0.4 is 9.47 Å². The van der Waals surface area contributed by atoms with Crippen molar-refractivity contribution in [3.8, 4) is 11.5 Å². The van der Waals surface area contributed by atoms with Gasteiger partial charge < -0.3 is 14.4 Å². The quantitative estimate of drug-likeness (QED) is 0.470. The van der Waals surface area contributed by atoms with Gasteiger partial charge in [-0.1, -0.05) is 41.9 Å². The van der Waals surface area contributed by atoms with Crippen molar-refractivity contribution in [2.24, 2.45) is 0 Å². The Labute approximate surface area is 211 Å². The van der Waals surface area contributed by atoms with Gasteiger partial charge in [-0.05, 0) is 55.9 Å². The predicted octanol–water partition coefficient (Wildman–Crippen LogP) is 6.36. The van der Waals surface area contributed by atoms with E-state index in [1.807, 2.05) is 56.4 Å². The summed E-state index contributed by atoms with van der Waals surface area (Å²) >= 11 is 6.79. The number of benzene rings is 2. The van der Waals surface area contributed by atoms with Gasteiger partial charge in [0.25, 0.3) is 0 Å². The topological polar surface area (TPSA) is 55.8 Å². The van der Waals surface area contributed by atoms with E-state index >= 15 is 0 Å². The third kappa shape index (κ3) is 4.38. The van der Waals surface area contributed by atoms with E-state index in [1.54, 1.807) is 0 Å². The summed E-state index contributed by atoms with van der Waals surface area (Å²) < 4.78 is 12.1. The van der Waals surface area contributed by atoms with E-state index in [-0.39, 0.29) is 11.6 Å². The molecule has 0 aromatic heterocycles. The molecule has 0 spiro atoms. The first kappa shape index (κ1) is 23.7. The number of ether oxygens (including phenoxy) is 2. The second kappa shape index (κ2) is 9.90. The van der Waals surface area contributed by atoms with Crippen LogP contribution in [0.3, 0.4) is 0 Å². The van der Waals surface area contributed by atoms with Crippen molar-refractivity contribution in [1.82, 2.24) is 4.90 Å². The van der Waals surface area contributed by atoms with Gasteiger partial charge in [-0.25, -0.2) is 0 Å². The van der Waals surface area contributed by atoms with E-state index in [9.17, 15) is 9.59 Å². The average Bonchev–Trinajstić information content (AvgIpc) is 2.85. The van der Waals surface area contributed by atoms with Crippen LogP contribution in [0.5, 0.6) is 11.5 Å². The Kier molecular flexibility index (Phi) is 6.70. The van der Waals surface area contributed by atoms with Gasteiger partial charge in [0.15, 0.2) is 23.1 Å². The zero-order chi connectivity index (χ0) is 24.5. The first-order chi connectivity index (χ1) is 17.0. The summed E-state index contributed by atoms with van der Waals surface area (Å²) in [7, 11) is 2.00. The lowest BCUT2D eigenvalue weighted by molar-refractivity contribution is -0.117. The first-order valence-corrected chi connectivity index (χ1v) is 12.8. The number of carbonyl (C=O) groups is 2. The molecule has 35 heavy (non-hydrogen) atoms. The zero-order valence-electron chi connectivity index (χ0n) is 20.2. The van der Waals surface area contributed by atoms with Crippen LogP contribution in [0, 0.1) is 0 Å². The fourth-order valence-electron chi connectivity index (χ4n) is 5.57. The van der Waals surface area contributed by atoms with Crippen LogP contribution in [0.4, 0.5) is 0 Å². The van der Waals surface area contributed by atoms with E-state index < -0.39 is 5.92 Å². The maximum atomic E-state index is 13.3. The first-order valence-electron chi connectivity index (χ1n) is 12.4. The van der Waals surface area contributed by atoms with Gasteiger partial charge in [0.2, 0.25) is 0 Å². The number of hydrogen-bond donors (Lipinski definition) is 0. The Balaban J connectivity index is 1.61. The van der Waals surface area contributed by atoms with E-state index in [0.717, 1.165) is 59.4 Å². The molecular formula is C29H30ClNO4. The van der Waals surface area contributed by atoms with Gasteiger partial charge in [0.05, 0.1) is 11.6 Å². The molecule has 0 saturated carbocycles. The average molecular weight is 492 g/mol. The van der Waals surface area contributed by atoms with Crippen molar-refractivity contribution in [2.45, 2.75) is 58.0 Å². The molecule has 182 valence electrons. The van der Waals surface area contributed by atoms with Crippen molar-refractivity contribution in [3.63, 3.8) is 0 Å².